The molecular formula is C40H61NO11S. The first-order chi connectivity index (χ1) is 24.9. The smallest absolute Gasteiger partial charge is 0.320 e. The summed E-state index contributed by atoms with van der Waals surface area (Å²) in [6.45, 7) is 14.3. The fourth-order valence-electron chi connectivity index (χ4n) is 8.60. The first-order valence-electron chi connectivity index (χ1n) is 18.9. The molecule has 4 rings (SSSR count). The largest absolute Gasteiger partial charge is 0.493 e. The van der Waals surface area contributed by atoms with Gasteiger partial charge in [-0.3, -0.25) is 19.2 Å². The number of hydrogen-bond acceptors (Lipinski definition) is 13. The van der Waals surface area contributed by atoms with E-state index >= 15 is 0 Å². The summed E-state index contributed by atoms with van der Waals surface area (Å²) in [6.07, 6.45) is -3.38. The molecule has 0 aliphatic carbocycles. The average Bonchev–Trinajstić information content (AvgIpc) is 3.39. The number of benzene rings is 1. The number of aliphatic hydroxyl groups is 1. The van der Waals surface area contributed by atoms with Crippen molar-refractivity contribution in [3.8, 4) is 5.75 Å². The van der Waals surface area contributed by atoms with Crippen LogP contribution in [0.5, 0.6) is 5.75 Å². The molecule has 12 nitrogen and oxygen atoms in total. The Morgan fingerprint density at radius 1 is 0.962 bits per heavy atom. The summed E-state index contributed by atoms with van der Waals surface area (Å²) in [7, 11) is 5.24. The van der Waals surface area contributed by atoms with Gasteiger partial charge in [0.2, 0.25) is 0 Å². The van der Waals surface area contributed by atoms with Crippen molar-refractivity contribution < 1.29 is 52.7 Å². The molecule has 3 saturated heterocycles. The lowest BCUT2D eigenvalue weighted by Crippen LogP contribution is -2.59. The second kappa shape index (κ2) is 17.9. The van der Waals surface area contributed by atoms with Crippen LogP contribution in [0.4, 0.5) is 0 Å². The quantitative estimate of drug-likeness (QED) is 0.199. The molecule has 3 heterocycles. The SMILES string of the molecule is CC[C@H]1OC(=O)[C@H](C)C(=O)[C@H](C)[C@@H](O[C@@H]2O[C@H](C)C[C@H](N(C)C)[C@H]2O)[C@](C)(OC)C[C@@H](C)C(=O)[C@H](C)[C@H]2[C@H](SCCOc3ccccc3)C(=O)O[C@@]21C. The summed E-state index contributed by atoms with van der Waals surface area (Å²) >= 11 is 1.36. The maximum Gasteiger partial charge on any atom is 0.320 e. The lowest BCUT2D eigenvalue weighted by atomic mass is 9.70. The van der Waals surface area contributed by atoms with Gasteiger partial charge in [-0.25, -0.2) is 0 Å². The molecule has 0 aromatic heterocycles. The highest BCUT2D eigenvalue weighted by atomic mass is 32.2. The Morgan fingerprint density at radius 3 is 2.23 bits per heavy atom. The van der Waals surface area contributed by atoms with Gasteiger partial charge in [-0.2, -0.15) is 0 Å². The van der Waals surface area contributed by atoms with Gasteiger partial charge in [-0.15, -0.1) is 11.8 Å². The fraction of sp³-hybridized carbons (Fsp3) is 0.750. The number of fused-ring (bicyclic) bond motifs is 1. The molecule has 0 spiro atoms. The van der Waals surface area contributed by atoms with Crippen LogP contribution >= 0.6 is 11.8 Å². The van der Waals surface area contributed by atoms with Crippen LogP contribution in [0.3, 0.4) is 0 Å². The Bertz CT molecular complexity index is 1430. The van der Waals surface area contributed by atoms with Crippen molar-refractivity contribution in [2.75, 3.05) is 33.6 Å². The summed E-state index contributed by atoms with van der Waals surface area (Å²) in [5, 5.41) is 10.7. The van der Waals surface area contributed by atoms with Crippen LogP contribution < -0.4 is 4.74 Å². The molecule has 3 aliphatic rings. The number of methoxy groups -OCH3 is 1. The van der Waals surface area contributed by atoms with Crippen LogP contribution in [-0.2, 0) is 42.9 Å². The van der Waals surface area contributed by atoms with E-state index in [4.69, 9.17) is 28.4 Å². The minimum atomic E-state index is -1.35. The molecule has 0 amide bonds. The van der Waals surface area contributed by atoms with Gasteiger partial charge in [-0.05, 0) is 73.2 Å². The van der Waals surface area contributed by atoms with Gasteiger partial charge in [0.25, 0.3) is 0 Å². The molecule has 0 unspecified atom stereocenters. The first kappa shape index (κ1) is 43.2. The third-order valence-electron chi connectivity index (χ3n) is 11.7. The highest BCUT2D eigenvalue weighted by molar-refractivity contribution is 8.00. The zero-order chi connectivity index (χ0) is 39.4. The van der Waals surface area contributed by atoms with Crippen LogP contribution in [0.15, 0.2) is 30.3 Å². The number of aliphatic hydroxyl groups excluding tert-OH is 1. The molecular weight excluding hydrogens is 703 g/mol. The maximum atomic E-state index is 14.6. The molecule has 13 heteroatoms. The predicted molar refractivity (Wildman–Crippen MR) is 200 cm³/mol. The van der Waals surface area contributed by atoms with Crippen molar-refractivity contribution in [1.82, 2.24) is 4.90 Å². The zero-order valence-electron chi connectivity index (χ0n) is 33.2. The lowest BCUT2D eigenvalue weighted by molar-refractivity contribution is -0.295. The van der Waals surface area contributed by atoms with Gasteiger partial charge in [-0.1, -0.05) is 45.9 Å². The fourth-order valence-corrected chi connectivity index (χ4v) is 9.93. The zero-order valence-corrected chi connectivity index (χ0v) is 34.1. The number of carbonyl (C=O) groups excluding carboxylic acids is 4. The third kappa shape index (κ3) is 9.29. The number of Topliss-reactive ketones (excluding diaryl/α,β-unsaturated/α-hetero) is 2. The van der Waals surface area contributed by atoms with E-state index in [2.05, 4.69) is 0 Å². The van der Waals surface area contributed by atoms with Crippen molar-refractivity contribution in [3.05, 3.63) is 30.3 Å². The number of esters is 2. The topological polar surface area (TPSA) is 147 Å². The third-order valence-corrected chi connectivity index (χ3v) is 12.9. The minimum Gasteiger partial charge on any atom is -0.493 e. The van der Waals surface area contributed by atoms with E-state index < -0.39 is 88.4 Å². The Balaban J connectivity index is 1.71. The van der Waals surface area contributed by atoms with Crippen molar-refractivity contribution in [3.63, 3.8) is 0 Å². The van der Waals surface area contributed by atoms with Gasteiger partial charge >= 0.3 is 11.9 Å². The van der Waals surface area contributed by atoms with Crippen LogP contribution in [0.2, 0.25) is 0 Å². The van der Waals surface area contributed by atoms with Gasteiger partial charge in [0.05, 0.1) is 24.4 Å². The van der Waals surface area contributed by atoms with E-state index in [1.54, 1.807) is 27.7 Å². The van der Waals surface area contributed by atoms with Gasteiger partial charge in [0.1, 0.15) is 34.9 Å². The summed E-state index contributed by atoms with van der Waals surface area (Å²) in [6, 6.07) is 9.09. The standard InChI is InChI=1S/C40H61NO11S/c1-12-29-40(8)30(34(37(46)52-40)53-19-18-48-27-16-14-13-15-17-27)24(4)31(42)22(2)21-39(7,47-11)35(25(5)32(43)26(6)36(45)50-29)51-38-33(44)28(41(9)10)20-23(3)49-38/h13-17,22-26,28-30,33-35,38,44H,12,18-21H2,1-11H3/t22-,23-,24-,25+,26-,28+,29-,30+,33-,34+,35-,38+,39-,40-/m1/s1. The number of rotatable bonds is 10. The Labute approximate surface area is 319 Å². The molecule has 0 radical (unpaired) electrons. The number of thioether (sulfide) groups is 1. The summed E-state index contributed by atoms with van der Waals surface area (Å²) in [5.74, 6) is -4.84. The molecule has 1 aromatic carbocycles. The Hall–Kier alpha value is -2.55. The maximum absolute atomic E-state index is 14.6. The van der Waals surface area contributed by atoms with E-state index in [1.807, 2.05) is 70.1 Å². The van der Waals surface area contributed by atoms with E-state index in [-0.39, 0.29) is 30.8 Å². The second-order valence-corrected chi connectivity index (χ2v) is 17.0. The molecule has 53 heavy (non-hydrogen) atoms. The van der Waals surface area contributed by atoms with E-state index in [0.717, 1.165) is 0 Å². The predicted octanol–water partition coefficient (Wildman–Crippen LogP) is 4.72. The molecule has 1 N–H and O–H groups in total. The number of hydrogen-bond donors (Lipinski definition) is 1. The molecule has 3 aliphatic heterocycles. The summed E-state index contributed by atoms with van der Waals surface area (Å²) in [4.78, 5) is 58.3. The van der Waals surface area contributed by atoms with Crippen molar-refractivity contribution in [2.24, 2.45) is 29.6 Å². The van der Waals surface area contributed by atoms with Crippen molar-refractivity contribution >= 4 is 35.3 Å². The highest BCUT2D eigenvalue weighted by Gasteiger charge is 2.61. The van der Waals surface area contributed by atoms with E-state index in [0.29, 0.717) is 24.5 Å². The summed E-state index contributed by atoms with van der Waals surface area (Å²) in [5.41, 5.74) is -2.60. The number of ether oxygens (including phenoxy) is 6. The molecule has 14 atom stereocenters. The van der Waals surface area contributed by atoms with Gasteiger partial charge in [0, 0.05) is 42.6 Å². The number of nitrogens with zero attached hydrogens (tertiary/aromatic N) is 1. The van der Waals surface area contributed by atoms with Crippen LogP contribution in [0, 0.1) is 29.6 Å². The van der Waals surface area contributed by atoms with Crippen LogP contribution in [0.25, 0.3) is 0 Å². The molecule has 0 bridgehead atoms. The van der Waals surface area contributed by atoms with Crippen molar-refractivity contribution in [2.45, 2.75) is 128 Å². The van der Waals surface area contributed by atoms with Crippen LogP contribution in [-0.4, -0.2) is 120 Å². The normalized spacial score (nSPS) is 40.3. The highest BCUT2D eigenvalue weighted by Crippen LogP contribution is 2.49. The van der Waals surface area contributed by atoms with Crippen LogP contribution in [0.1, 0.15) is 74.7 Å². The average molecular weight is 764 g/mol. The Morgan fingerprint density at radius 2 is 1.62 bits per heavy atom. The van der Waals surface area contributed by atoms with E-state index in [1.165, 1.54) is 25.8 Å². The molecule has 0 saturated carbocycles. The molecule has 298 valence electrons. The van der Waals surface area contributed by atoms with Crippen molar-refractivity contribution in [1.29, 1.82) is 0 Å². The number of likely N-dealkylation sites (N-methyl/N-ethyl adjacent to an activating group) is 1. The first-order valence-corrected chi connectivity index (χ1v) is 20.0. The number of para-hydroxylation sites is 1. The van der Waals surface area contributed by atoms with Gasteiger partial charge < -0.3 is 38.4 Å². The minimum absolute atomic E-state index is 0.131. The second-order valence-electron chi connectivity index (χ2n) is 15.8. The number of carbonyl (C=O) groups is 4. The Kier molecular flexibility index (Phi) is 14.6. The van der Waals surface area contributed by atoms with E-state index in [9.17, 15) is 24.3 Å². The number of ketones is 2. The summed E-state index contributed by atoms with van der Waals surface area (Å²) < 4.78 is 37.0. The monoisotopic (exact) mass is 763 g/mol. The lowest BCUT2D eigenvalue weighted by Gasteiger charge is -2.47. The molecule has 1 aromatic rings. The molecule has 3 fully saturated rings. The van der Waals surface area contributed by atoms with Gasteiger partial charge in [0.15, 0.2) is 17.7 Å². The number of cyclic esters (lactones) is 1.